The number of hydrogen-bond donors (Lipinski definition) is 1. The summed E-state index contributed by atoms with van der Waals surface area (Å²) in [7, 11) is 0. The summed E-state index contributed by atoms with van der Waals surface area (Å²) >= 11 is 1.36. The highest BCUT2D eigenvalue weighted by molar-refractivity contribution is 8.00. The molecule has 96 valence electrons. The van der Waals surface area contributed by atoms with Gasteiger partial charge < -0.3 is 5.32 Å². The van der Waals surface area contributed by atoms with Crippen LogP contribution < -0.4 is 5.32 Å². The molecule has 0 aliphatic rings. The third-order valence-corrected chi connectivity index (χ3v) is 3.34. The molecular formula is C13H19F2NS. The first-order chi connectivity index (χ1) is 7.99. The van der Waals surface area contributed by atoms with Gasteiger partial charge in [0.05, 0.1) is 0 Å². The van der Waals surface area contributed by atoms with E-state index in [2.05, 4.69) is 19.2 Å². The normalized spacial score (nSPS) is 13.1. The van der Waals surface area contributed by atoms with Crippen molar-refractivity contribution < 1.29 is 8.78 Å². The predicted octanol–water partition coefficient (Wildman–Crippen LogP) is 3.69. The molecule has 0 saturated heterocycles. The van der Waals surface area contributed by atoms with Crippen LogP contribution in [0, 0.1) is 17.6 Å². The summed E-state index contributed by atoms with van der Waals surface area (Å²) in [5.74, 6) is -0.151. The molecule has 17 heavy (non-hydrogen) atoms. The van der Waals surface area contributed by atoms with Crippen molar-refractivity contribution in [1.82, 2.24) is 5.32 Å². The lowest BCUT2D eigenvalue weighted by Gasteiger charge is -2.14. The minimum Gasteiger partial charge on any atom is -0.315 e. The van der Waals surface area contributed by atoms with E-state index in [0.29, 0.717) is 10.8 Å². The molecule has 0 spiro atoms. The zero-order valence-electron chi connectivity index (χ0n) is 10.5. The van der Waals surface area contributed by atoms with Crippen molar-refractivity contribution >= 4 is 11.8 Å². The third kappa shape index (κ3) is 5.50. The predicted molar refractivity (Wildman–Crippen MR) is 69.4 cm³/mol. The topological polar surface area (TPSA) is 12.0 Å². The van der Waals surface area contributed by atoms with Crippen molar-refractivity contribution in [1.29, 1.82) is 0 Å². The summed E-state index contributed by atoms with van der Waals surface area (Å²) in [4.78, 5) is 0.379. The van der Waals surface area contributed by atoms with E-state index in [4.69, 9.17) is 0 Å². The van der Waals surface area contributed by atoms with Gasteiger partial charge in [0.25, 0.3) is 0 Å². The van der Waals surface area contributed by atoms with Crippen LogP contribution in [0.5, 0.6) is 0 Å². The molecule has 1 aromatic carbocycles. The average Bonchev–Trinajstić information content (AvgIpc) is 2.23. The van der Waals surface area contributed by atoms with Gasteiger partial charge in [0, 0.05) is 16.7 Å². The SMILES string of the molecule is CC(C)CNCC(C)Sc1cc(F)ccc1F. The van der Waals surface area contributed by atoms with Gasteiger partial charge in [0.2, 0.25) is 0 Å². The first-order valence-electron chi connectivity index (χ1n) is 5.81. The number of thioether (sulfide) groups is 1. The van der Waals surface area contributed by atoms with Crippen molar-refractivity contribution in [2.45, 2.75) is 30.9 Å². The van der Waals surface area contributed by atoms with Crippen LogP contribution in [0.1, 0.15) is 20.8 Å². The Hall–Kier alpha value is -0.610. The molecule has 1 nitrogen and oxygen atoms in total. The second-order valence-corrected chi connectivity index (χ2v) is 6.04. The Morgan fingerprint density at radius 2 is 1.88 bits per heavy atom. The number of halogens is 2. The number of nitrogens with one attached hydrogen (secondary N) is 1. The van der Waals surface area contributed by atoms with Gasteiger partial charge in [0.1, 0.15) is 11.6 Å². The standard InChI is InChI=1S/C13H19F2NS/c1-9(2)7-16-8-10(3)17-13-6-11(14)4-5-12(13)15/h4-6,9-10,16H,7-8H2,1-3H3. The van der Waals surface area contributed by atoms with Crippen molar-refractivity contribution in [2.75, 3.05) is 13.1 Å². The van der Waals surface area contributed by atoms with Crippen LogP contribution in [0.4, 0.5) is 8.78 Å². The minimum atomic E-state index is -0.392. The van der Waals surface area contributed by atoms with Crippen molar-refractivity contribution in [3.8, 4) is 0 Å². The van der Waals surface area contributed by atoms with Gasteiger partial charge in [-0.3, -0.25) is 0 Å². The Kier molecular flexibility index (Phi) is 5.92. The van der Waals surface area contributed by atoms with E-state index in [-0.39, 0.29) is 11.1 Å². The van der Waals surface area contributed by atoms with E-state index in [9.17, 15) is 8.78 Å². The Morgan fingerprint density at radius 3 is 2.53 bits per heavy atom. The van der Waals surface area contributed by atoms with Gasteiger partial charge in [-0.05, 0) is 30.7 Å². The Bertz CT molecular complexity index is 355. The van der Waals surface area contributed by atoms with E-state index >= 15 is 0 Å². The highest BCUT2D eigenvalue weighted by atomic mass is 32.2. The maximum Gasteiger partial charge on any atom is 0.136 e. The van der Waals surface area contributed by atoms with Crippen molar-refractivity contribution in [3.05, 3.63) is 29.8 Å². The summed E-state index contributed by atoms with van der Waals surface area (Å²) < 4.78 is 26.3. The van der Waals surface area contributed by atoms with E-state index in [0.717, 1.165) is 19.2 Å². The summed E-state index contributed by atoms with van der Waals surface area (Å²) in [6.45, 7) is 8.01. The molecule has 0 heterocycles. The summed E-state index contributed by atoms with van der Waals surface area (Å²) in [5, 5.41) is 3.51. The molecule has 0 aliphatic carbocycles. The molecule has 1 N–H and O–H groups in total. The fourth-order valence-electron chi connectivity index (χ4n) is 1.40. The van der Waals surface area contributed by atoms with Crippen LogP contribution in [0.25, 0.3) is 0 Å². The van der Waals surface area contributed by atoms with E-state index in [1.807, 2.05) is 6.92 Å². The van der Waals surface area contributed by atoms with Gasteiger partial charge in [-0.15, -0.1) is 11.8 Å². The lowest BCUT2D eigenvalue weighted by Crippen LogP contribution is -2.26. The second kappa shape index (κ2) is 6.97. The largest absolute Gasteiger partial charge is 0.315 e. The highest BCUT2D eigenvalue weighted by Gasteiger charge is 2.09. The maximum atomic E-state index is 13.4. The van der Waals surface area contributed by atoms with Crippen molar-refractivity contribution in [3.63, 3.8) is 0 Å². The highest BCUT2D eigenvalue weighted by Crippen LogP contribution is 2.26. The first kappa shape index (κ1) is 14.5. The summed E-state index contributed by atoms with van der Waals surface area (Å²) in [6, 6.07) is 3.56. The molecule has 0 aromatic heterocycles. The first-order valence-corrected chi connectivity index (χ1v) is 6.69. The number of rotatable bonds is 6. The molecule has 1 atom stereocenters. The molecule has 4 heteroatoms. The van der Waals surface area contributed by atoms with Gasteiger partial charge in [-0.2, -0.15) is 0 Å². The lowest BCUT2D eigenvalue weighted by molar-refractivity contribution is 0.552. The molecule has 0 amide bonds. The smallest absolute Gasteiger partial charge is 0.136 e. The van der Waals surface area contributed by atoms with E-state index < -0.39 is 5.82 Å². The van der Waals surface area contributed by atoms with Gasteiger partial charge >= 0.3 is 0 Å². The van der Waals surface area contributed by atoms with Gasteiger partial charge in [-0.25, -0.2) is 8.78 Å². The number of benzene rings is 1. The van der Waals surface area contributed by atoms with Crippen molar-refractivity contribution in [2.24, 2.45) is 5.92 Å². The third-order valence-electron chi connectivity index (χ3n) is 2.21. The quantitative estimate of drug-likeness (QED) is 0.782. The summed E-state index contributed by atoms with van der Waals surface area (Å²) in [5.41, 5.74) is 0. The minimum absolute atomic E-state index is 0.213. The van der Waals surface area contributed by atoms with Crippen LogP contribution in [0.15, 0.2) is 23.1 Å². The fraction of sp³-hybridized carbons (Fsp3) is 0.538. The van der Waals surface area contributed by atoms with Crippen LogP contribution in [-0.2, 0) is 0 Å². The van der Waals surface area contributed by atoms with Crippen LogP contribution >= 0.6 is 11.8 Å². The molecule has 1 aromatic rings. The molecular weight excluding hydrogens is 240 g/mol. The molecule has 0 saturated carbocycles. The van der Waals surface area contributed by atoms with Crippen LogP contribution in [0.2, 0.25) is 0 Å². The Labute approximate surface area is 106 Å². The second-order valence-electron chi connectivity index (χ2n) is 4.56. The zero-order valence-corrected chi connectivity index (χ0v) is 11.3. The molecule has 1 unspecified atom stereocenters. The molecule has 0 fully saturated rings. The number of hydrogen-bond acceptors (Lipinski definition) is 2. The fourth-order valence-corrected chi connectivity index (χ4v) is 2.40. The molecule has 0 radical (unpaired) electrons. The molecule has 1 rings (SSSR count). The Balaban J connectivity index is 2.44. The van der Waals surface area contributed by atoms with E-state index in [1.54, 1.807) is 0 Å². The monoisotopic (exact) mass is 259 g/mol. The lowest BCUT2D eigenvalue weighted by atomic mass is 10.2. The molecule has 0 aliphatic heterocycles. The van der Waals surface area contributed by atoms with Crippen LogP contribution in [0.3, 0.4) is 0 Å². The van der Waals surface area contributed by atoms with Crippen LogP contribution in [-0.4, -0.2) is 18.3 Å². The van der Waals surface area contributed by atoms with Gasteiger partial charge in [0.15, 0.2) is 0 Å². The van der Waals surface area contributed by atoms with Gasteiger partial charge in [-0.1, -0.05) is 20.8 Å². The maximum absolute atomic E-state index is 13.4. The zero-order chi connectivity index (χ0) is 12.8. The average molecular weight is 259 g/mol. The summed E-state index contributed by atoms with van der Waals surface area (Å²) in [6.07, 6.45) is 0. The molecule has 0 bridgehead atoms. The van der Waals surface area contributed by atoms with E-state index in [1.165, 1.54) is 23.9 Å². The Morgan fingerprint density at radius 1 is 1.18 bits per heavy atom.